The Morgan fingerprint density at radius 2 is 2.27 bits per heavy atom. The lowest BCUT2D eigenvalue weighted by molar-refractivity contribution is 0.191. The van der Waals surface area contributed by atoms with Gasteiger partial charge in [0.1, 0.15) is 5.75 Å². The van der Waals surface area contributed by atoms with E-state index < -0.39 is 0 Å². The number of hydrogen-bond acceptors (Lipinski definition) is 3. The maximum Gasteiger partial charge on any atom is 0.120 e. The zero-order valence-electron chi connectivity index (χ0n) is 8.96. The first-order chi connectivity index (χ1) is 7.13. The first-order valence-corrected chi connectivity index (χ1v) is 5.22. The molecule has 0 amide bonds. The normalized spacial score (nSPS) is 12.5. The molecule has 0 bridgehead atoms. The number of hydrogen-bond donors (Lipinski definition) is 2. The van der Waals surface area contributed by atoms with E-state index in [2.05, 4.69) is 5.32 Å². The third-order valence-corrected chi connectivity index (χ3v) is 2.37. The third-order valence-electron chi connectivity index (χ3n) is 2.02. The van der Waals surface area contributed by atoms with Crippen LogP contribution in [0.25, 0.3) is 0 Å². The Bertz CT molecular complexity index is 315. The summed E-state index contributed by atoms with van der Waals surface area (Å²) in [5.74, 6) is 0.749. The van der Waals surface area contributed by atoms with Crippen LogP contribution in [-0.2, 0) is 6.54 Å². The predicted octanol–water partition coefficient (Wildman–Crippen LogP) is 1.82. The topological polar surface area (TPSA) is 41.5 Å². The number of methoxy groups -OCH3 is 1. The monoisotopic (exact) mass is 229 g/mol. The van der Waals surface area contributed by atoms with Crippen LogP contribution in [0.5, 0.6) is 5.75 Å². The fourth-order valence-electron chi connectivity index (χ4n) is 1.21. The Labute approximate surface area is 95.0 Å². The van der Waals surface area contributed by atoms with Gasteiger partial charge in [-0.2, -0.15) is 0 Å². The van der Waals surface area contributed by atoms with Gasteiger partial charge < -0.3 is 15.2 Å². The Balaban J connectivity index is 2.54. The van der Waals surface area contributed by atoms with Gasteiger partial charge in [-0.1, -0.05) is 17.7 Å². The summed E-state index contributed by atoms with van der Waals surface area (Å²) in [6, 6.07) is 5.56. The minimum Gasteiger partial charge on any atom is -0.497 e. The van der Waals surface area contributed by atoms with Crippen LogP contribution >= 0.6 is 11.6 Å². The van der Waals surface area contributed by atoms with E-state index >= 15 is 0 Å². The molecule has 1 unspecified atom stereocenters. The van der Waals surface area contributed by atoms with Crippen LogP contribution in [0.1, 0.15) is 12.5 Å². The fourth-order valence-corrected chi connectivity index (χ4v) is 1.45. The van der Waals surface area contributed by atoms with Crippen molar-refractivity contribution in [2.45, 2.75) is 19.6 Å². The summed E-state index contributed by atoms with van der Waals surface area (Å²) in [7, 11) is 1.61. The molecule has 0 spiro atoms. The second-order valence-corrected chi connectivity index (χ2v) is 3.84. The lowest BCUT2D eigenvalue weighted by atomic mass is 10.2. The molecule has 2 N–H and O–H groups in total. The fraction of sp³-hybridized carbons (Fsp3) is 0.455. The highest BCUT2D eigenvalue weighted by molar-refractivity contribution is 6.31. The second kappa shape index (κ2) is 5.95. The maximum atomic E-state index is 9.07. The van der Waals surface area contributed by atoms with Gasteiger partial charge in [0.2, 0.25) is 0 Å². The highest BCUT2D eigenvalue weighted by Gasteiger charge is 2.02. The predicted molar refractivity (Wildman–Crippen MR) is 61.4 cm³/mol. The molecule has 0 aromatic heterocycles. The van der Waals surface area contributed by atoms with Crippen molar-refractivity contribution in [2.24, 2.45) is 0 Å². The zero-order valence-corrected chi connectivity index (χ0v) is 9.71. The standard InChI is InChI=1S/C11H16ClNO2/c1-8(14)6-13-7-9-3-4-10(15-2)5-11(9)12/h3-5,8,13-14H,6-7H2,1-2H3. The lowest BCUT2D eigenvalue weighted by Crippen LogP contribution is -2.23. The third kappa shape index (κ3) is 4.08. The summed E-state index contributed by atoms with van der Waals surface area (Å²) in [5.41, 5.74) is 0.998. The number of ether oxygens (including phenoxy) is 1. The van der Waals surface area contributed by atoms with Gasteiger partial charge in [0, 0.05) is 18.1 Å². The van der Waals surface area contributed by atoms with Crippen LogP contribution in [0.3, 0.4) is 0 Å². The van der Waals surface area contributed by atoms with Gasteiger partial charge in [-0.3, -0.25) is 0 Å². The van der Waals surface area contributed by atoms with E-state index in [9.17, 15) is 0 Å². The van der Waals surface area contributed by atoms with Crippen LogP contribution in [0.4, 0.5) is 0 Å². The Morgan fingerprint density at radius 1 is 1.53 bits per heavy atom. The smallest absolute Gasteiger partial charge is 0.120 e. The number of aliphatic hydroxyl groups excluding tert-OH is 1. The molecule has 1 aromatic carbocycles. The van der Waals surface area contributed by atoms with Crippen LogP contribution < -0.4 is 10.1 Å². The number of aliphatic hydroxyl groups is 1. The van der Waals surface area contributed by atoms with Gasteiger partial charge in [-0.25, -0.2) is 0 Å². The number of benzene rings is 1. The molecule has 0 saturated carbocycles. The summed E-state index contributed by atoms with van der Waals surface area (Å²) in [5, 5.41) is 12.8. The van der Waals surface area contributed by atoms with Crippen molar-refractivity contribution in [1.29, 1.82) is 0 Å². The molecule has 4 heteroatoms. The maximum absolute atomic E-state index is 9.07. The Kier molecular flexibility index (Phi) is 4.88. The van der Waals surface area contributed by atoms with Gasteiger partial charge in [-0.15, -0.1) is 0 Å². The molecule has 0 heterocycles. The lowest BCUT2D eigenvalue weighted by Gasteiger charge is -2.09. The molecule has 84 valence electrons. The van der Waals surface area contributed by atoms with Crippen LogP contribution in [0.2, 0.25) is 5.02 Å². The SMILES string of the molecule is COc1ccc(CNCC(C)O)c(Cl)c1. The molecule has 0 aliphatic carbocycles. The largest absolute Gasteiger partial charge is 0.497 e. The zero-order chi connectivity index (χ0) is 11.3. The molecule has 1 atom stereocenters. The molecule has 1 rings (SSSR count). The molecule has 0 radical (unpaired) electrons. The molecular formula is C11H16ClNO2. The van der Waals surface area contributed by atoms with Crippen molar-refractivity contribution in [3.8, 4) is 5.75 Å². The van der Waals surface area contributed by atoms with Crippen molar-refractivity contribution in [3.05, 3.63) is 28.8 Å². The quantitative estimate of drug-likeness (QED) is 0.810. The van der Waals surface area contributed by atoms with Crippen molar-refractivity contribution in [1.82, 2.24) is 5.32 Å². The van der Waals surface area contributed by atoms with E-state index in [0.717, 1.165) is 11.3 Å². The molecule has 0 fully saturated rings. The van der Waals surface area contributed by atoms with E-state index in [-0.39, 0.29) is 6.10 Å². The average Bonchev–Trinajstić information content (AvgIpc) is 2.20. The van der Waals surface area contributed by atoms with Crippen LogP contribution in [-0.4, -0.2) is 24.9 Å². The first-order valence-electron chi connectivity index (χ1n) is 4.84. The minimum atomic E-state index is -0.345. The summed E-state index contributed by atoms with van der Waals surface area (Å²) in [6.07, 6.45) is -0.345. The van der Waals surface area contributed by atoms with Crippen molar-refractivity contribution < 1.29 is 9.84 Å². The summed E-state index contributed by atoms with van der Waals surface area (Å²) in [4.78, 5) is 0. The highest BCUT2D eigenvalue weighted by Crippen LogP contribution is 2.21. The summed E-state index contributed by atoms with van der Waals surface area (Å²) >= 11 is 6.04. The van der Waals surface area contributed by atoms with E-state index in [1.807, 2.05) is 12.1 Å². The van der Waals surface area contributed by atoms with E-state index in [4.69, 9.17) is 21.4 Å². The minimum absolute atomic E-state index is 0.345. The molecule has 1 aromatic rings. The van der Waals surface area contributed by atoms with Gasteiger partial charge in [0.15, 0.2) is 0 Å². The first kappa shape index (κ1) is 12.3. The van der Waals surface area contributed by atoms with Crippen LogP contribution in [0, 0.1) is 0 Å². The van der Waals surface area contributed by atoms with Crippen molar-refractivity contribution in [2.75, 3.05) is 13.7 Å². The number of nitrogens with one attached hydrogen (secondary N) is 1. The van der Waals surface area contributed by atoms with E-state index in [1.54, 1.807) is 20.1 Å². The molecule has 0 aliphatic rings. The Hall–Kier alpha value is -0.770. The van der Waals surface area contributed by atoms with Gasteiger partial charge >= 0.3 is 0 Å². The van der Waals surface area contributed by atoms with Crippen molar-refractivity contribution >= 4 is 11.6 Å². The highest BCUT2D eigenvalue weighted by atomic mass is 35.5. The van der Waals surface area contributed by atoms with Gasteiger partial charge in [-0.05, 0) is 24.6 Å². The van der Waals surface area contributed by atoms with Gasteiger partial charge in [0.25, 0.3) is 0 Å². The number of rotatable bonds is 5. The van der Waals surface area contributed by atoms with E-state index in [1.165, 1.54) is 0 Å². The molecule has 0 aliphatic heterocycles. The molecular weight excluding hydrogens is 214 g/mol. The van der Waals surface area contributed by atoms with Crippen LogP contribution in [0.15, 0.2) is 18.2 Å². The average molecular weight is 230 g/mol. The van der Waals surface area contributed by atoms with Crippen molar-refractivity contribution in [3.63, 3.8) is 0 Å². The Morgan fingerprint density at radius 3 is 2.80 bits per heavy atom. The number of halogens is 1. The second-order valence-electron chi connectivity index (χ2n) is 3.44. The van der Waals surface area contributed by atoms with E-state index in [0.29, 0.717) is 18.1 Å². The molecule has 0 saturated heterocycles. The summed E-state index contributed by atoms with van der Waals surface area (Å²) in [6.45, 7) is 2.94. The molecule has 15 heavy (non-hydrogen) atoms. The summed E-state index contributed by atoms with van der Waals surface area (Å²) < 4.78 is 5.05. The van der Waals surface area contributed by atoms with Gasteiger partial charge in [0.05, 0.1) is 13.2 Å². The molecule has 3 nitrogen and oxygen atoms in total.